The number of pyridine rings is 1. The SMILES string of the molecule is CSc1ccccc1Oc1ccnc(CNC2CC2)c1. The molecule has 1 aliphatic carbocycles. The normalized spacial score (nSPS) is 14.2. The van der Waals surface area contributed by atoms with Crippen LogP contribution in [0, 0.1) is 0 Å². The predicted molar refractivity (Wildman–Crippen MR) is 82.4 cm³/mol. The Morgan fingerprint density at radius 1 is 1.30 bits per heavy atom. The lowest BCUT2D eigenvalue weighted by Crippen LogP contribution is -2.16. The van der Waals surface area contributed by atoms with Gasteiger partial charge >= 0.3 is 0 Å². The lowest BCUT2D eigenvalue weighted by molar-refractivity contribution is 0.469. The van der Waals surface area contributed by atoms with Gasteiger partial charge in [0.2, 0.25) is 0 Å². The Labute approximate surface area is 123 Å². The summed E-state index contributed by atoms with van der Waals surface area (Å²) in [6.45, 7) is 0.812. The van der Waals surface area contributed by atoms with Crippen LogP contribution in [0.3, 0.4) is 0 Å². The summed E-state index contributed by atoms with van der Waals surface area (Å²) in [5.41, 5.74) is 1.02. The fourth-order valence-electron chi connectivity index (χ4n) is 1.98. The summed E-state index contributed by atoms with van der Waals surface area (Å²) in [6.07, 6.45) is 6.44. The first-order valence-corrected chi connectivity index (χ1v) is 8.07. The molecular weight excluding hydrogens is 268 g/mol. The number of hydrogen-bond acceptors (Lipinski definition) is 4. The Morgan fingerprint density at radius 3 is 2.95 bits per heavy atom. The Morgan fingerprint density at radius 2 is 2.15 bits per heavy atom. The largest absolute Gasteiger partial charge is 0.456 e. The molecule has 3 rings (SSSR count). The average molecular weight is 286 g/mol. The van der Waals surface area contributed by atoms with Crippen LogP contribution in [0.25, 0.3) is 0 Å². The van der Waals surface area contributed by atoms with Gasteiger partial charge in [-0.3, -0.25) is 4.98 Å². The minimum Gasteiger partial charge on any atom is -0.456 e. The molecule has 1 aromatic carbocycles. The van der Waals surface area contributed by atoms with Crippen LogP contribution >= 0.6 is 11.8 Å². The van der Waals surface area contributed by atoms with Crippen LogP contribution in [0.2, 0.25) is 0 Å². The predicted octanol–water partition coefficient (Wildman–Crippen LogP) is 3.85. The lowest BCUT2D eigenvalue weighted by atomic mass is 10.3. The third-order valence-corrected chi connectivity index (χ3v) is 4.01. The topological polar surface area (TPSA) is 34.1 Å². The van der Waals surface area contributed by atoms with E-state index < -0.39 is 0 Å². The molecule has 0 radical (unpaired) electrons. The van der Waals surface area contributed by atoms with E-state index >= 15 is 0 Å². The minimum atomic E-state index is 0.693. The third-order valence-electron chi connectivity index (χ3n) is 3.23. The van der Waals surface area contributed by atoms with E-state index in [1.165, 1.54) is 12.8 Å². The summed E-state index contributed by atoms with van der Waals surface area (Å²) >= 11 is 1.69. The molecule has 4 heteroatoms. The summed E-state index contributed by atoms with van der Waals surface area (Å²) in [6, 6.07) is 12.7. The van der Waals surface area contributed by atoms with Gasteiger partial charge in [0.05, 0.1) is 5.69 Å². The van der Waals surface area contributed by atoms with Crippen LogP contribution in [0.15, 0.2) is 47.5 Å². The number of nitrogens with zero attached hydrogens (tertiary/aromatic N) is 1. The molecule has 20 heavy (non-hydrogen) atoms. The molecule has 1 heterocycles. The van der Waals surface area contributed by atoms with Gasteiger partial charge in [-0.05, 0) is 37.3 Å². The zero-order valence-electron chi connectivity index (χ0n) is 11.5. The van der Waals surface area contributed by atoms with Gasteiger partial charge in [0.25, 0.3) is 0 Å². The van der Waals surface area contributed by atoms with Gasteiger partial charge in [-0.25, -0.2) is 0 Å². The maximum atomic E-state index is 5.97. The van der Waals surface area contributed by atoms with Gasteiger partial charge in [-0.1, -0.05) is 12.1 Å². The smallest absolute Gasteiger partial charge is 0.140 e. The lowest BCUT2D eigenvalue weighted by Gasteiger charge is -2.10. The second-order valence-corrected chi connectivity index (χ2v) is 5.74. The molecule has 3 nitrogen and oxygen atoms in total. The maximum absolute atomic E-state index is 5.97. The first-order chi connectivity index (χ1) is 9.85. The van der Waals surface area contributed by atoms with E-state index in [1.54, 1.807) is 18.0 Å². The summed E-state index contributed by atoms with van der Waals surface area (Å²) in [7, 11) is 0. The first kappa shape index (κ1) is 13.5. The van der Waals surface area contributed by atoms with E-state index in [1.807, 2.05) is 30.3 Å². The summed E-state index contributed by atoms with van der Waals surface area (Å²) in [4.78, 5) is 5.52. The number of benzene rings is 1. The second kappa shape index (κ2) is 6.29. The second-order valence-electron chi connectivity index (χ2n) is 4.89. The summed E-state index contributed by atoms with van der Waals surface area (Å²) < 4.78 is 5.97. The molecule has 1 saturated carbocycles. The zero-order valence-corrected chi connectivity index (χ0v) is 12.3. The Hall–Kier alpha value is -1.52. The molecule has 104 valence electrons. The van der Waals surface area contributed by atoms with Crippen molar-refractivity contribution >= 4 is 11.8 Å². The van der Waals surface area contributed by atoms with E-state index in [0.29, 0.717) is 6.04 Å². The molecule has 1 aliphatic rings. The van der Waals surface area contributed by atoms with Crippen molar-refractivity contribution in [3.8, 4) is 11.5 Å². The van der Waals surface area contributed by atoms with Gasteiger partial charge in [-0.2, -0.15) is 0 Å². The highest BCUT2D eigenvalue weighted by Gasteiger charge is 2.20. The van der Waals surface area contributed by atoms with Crippen LogP contribution in [0.5, 0.6) is 11.5 Å². The highest BCUT2D eigenvalue weighted by atomic mass is 32.2. The monoisotopic (exact) mass is 286 g/mol. The van der Waals surface area contributed by atoms with Crippen LogP contribution < -0.4 is 10.1 Å². The highest BCUT2D eigenvalue weighted by molar-refractivity contribution is 7.98. The Balaban J connectivity index is 1.71. The molecule has 1 aromatic heterocycles. The number of ether oxygens (including phenoxy) is 1. The van der Waals surface area contributed by atoms with E-state index in [9.17, 15) is 0 Å². The van der Waals surface area contributed by atoms with E-state index in [-0.39, 0.29) is 0 Å². The van der Waals surface area contributed by atoms with Crippen molar-refractivity contribution in [1.82, 2.24) is 10.3 Å². The Kier molecular flexibility index (Phi) is 4.23. The van der Waals surface area contributed by atoms with Gasteiger partial charge in [0.15, 0.2) is 0 Å². The minimum absolute atomic E-state index is 0.693. The molecule has 1 fully saturated rings. The number of nitrogens with one attached hydrogen (secondary N) is 1. The first-order valence-electron chi connectivity index (χ1n) is 6.84. The number of rotatable bonds is 6. The fraction of sp³-hybridized carbons (Fsp3) is 0.312. The fourth-order valence-corrected chi connectivity index (χ4v) is 2.51. The number of thioether (sulfide) groups is 1. The summed E-state index contributed by atoms with van der Waals surface area (Å²) in [5.74, 6) is 1.74. The van der Waals surface area contributed by atoms with Gasteiger partial charge in [-0.15, -0.1) is 11.8 Å². The Bertz CT molecular complexity index is 584. The molecule has 1 N–H and O–H groups in total. The molecule has 2 aromatic rings. The van der Waals surface area contributed by atoms with Crippen LogP contribution in [-0.4, -0.2) is 17.3 Å². The van der Waals surface area contributed by atoms with Gasteiger partial charge < -0.3 is 10.1 Å². The quantitative estimate of drug-likeness (QED) is 0.818. The molecular formula is C16H18N2OS. The molecule has 0 unspecified atom stereocenters. The molecule has 0 aliphatic heterocycles. The van der Waals surface area contributed by atoms with E-state index in [4.69, 9.17) is 4.74 Å². The van der Waals surface area contributed by atoms with Crippen molar-refractivity contribution in [2.45, 2.75) is 30.3 Å². The average Bonchev–Trinajstić information content (AvgIpc) is 3.30. The molecule has 0 spiro atoms. The van der Waals surface area contributed by atoms with Crippen molar-refractivity contribution in [3.63, 3.8) is 0 Å². The highest BCUT2D eigenvalue weighted by Crippen LogP contribution is 2.31. The van der Waals surface area contributed by atoms with E-state index in [0.717, 1.165) is 28.6 Å². The standard InChI is InChI=1S/C16H18N2OS/c1-20-16-5-3-2-4-15(16)19-14-8-9-17-13(10-14)11-18-12-6-7-12/h2-5,8-10,12,18H,6-7,11H2,1H3. The summed E-state index contributed by atoms with van der Waals surface area (Å²) in [5, 5.41) is 3.46. The number of aromatic nitrogens is 1. The van der Waals surface area contributed by atoms with Crippen molar-refractivity contribution in [2.24, 2.45) is 0 Å². The third kappa shape index (κ3) is 3.52. The van der Waals surface area contributed by atoms with Crippen molar-refractivity contribution in [1.29, 1.82) is 0 Å². The van der Waals surface area contributed by atoms with Crippen molar-refractivity contribution < 1.29 is 4.74 Å². The van der Waals surface area contributed by atoms with Crippen molar-refractivity contribution in [3.05, 3.63) is 48.3 Å². The maximum Gasteiger partial charge on any atom is 0.140 e. The van der Waals surface area contributed by atoms with Gasteiger partial charge in [0, 0.05) is 29.7 Å². The molecule has 0 bridgehead atoms. The number of hydrogen-bond donors (Lipinski definition) is 1. The van der Waals surface area contributed by atoms with Crippen LogP contribution in [0.1, 0.15) is 18.5 Å². The molecule has 0 saturated heterocycles. The van der Waals surface area contributed by atoms with Crippen molar-refractivity contribution in [2.75, 3.05) is 6.26 Å². The van der Waals surface area contributed by atoms with Gasteiger partial charge in [0.1, 0.15) is 11.5 Å². The molecule has 0 atom stereocenters. The van der Waals surface area contributed by atoms with E-state index in [2.05, 4.69) is 22.6 Å². The van der Waals surface area contributed by atoms with Crippen LogP contribution in [-0.2, 0) is 6.54 Å². The zero-order chi connectivity index (χ0) is 13.8. The number of para-hydroxylation sites is 1. The molecule has 0 amide bonds. The van der Waals surface area contributed by atoms with Crippen LogP contribution in [0.4, 0.5) is 0 Å².